The normalized spacial score (nSPS) is 18.6. The fourth-order valence-corrected chi connectivity index (χ4v) is 3.19. The molecule has 100 valence electrons. The minimum atomic E-state index is 0.0417. The summed E-state index contributed by atoms with van der Waals surface area (Å²) in [4.78, 5) is 0. The van der Waals surface area contributed by atoms with E-state index < -0.39 is 0 Å². The number of rotatable bonds is 4. The fraction of sp³-hybridized carbons (Fsp3) is 0.571. The van der Waals surface area contributed by atoms with E-state index >= 15 is 0 Å². The highest BCUT2D eigenvalue weighted by atomic mass is 79.9. The molecule has 4 heteroatoms. The van der Waals surface area contributed by atoms with Gasteiger partial charge in [0.2, 0.25) is 0 Å². The maximum atomic E-state index is 9.67. The van der Waals surface area contributed by atoms with Crippen LogP contribution >= 0.6 is 27.5 Å². The first-order valence-corrected chi connectivity index (χ1v) is 7.63. The molecule has 2 nitrogen and oxygen atoms in total. The number of halogens is 2. The Hall–Kier alpha value is -0.250. The van der Waals surface area contributed by atoms with E-state index in [1.54, 1.807) is 0 Å². The molecule has 1 aliphatic carbocycles. The number of hydrogen-bond donors (Lipinski definition) is 2. The van der Waals surface area contributed by atoms with Crippen LogP contribution in [0.4, 0.5) is 5.69 Å². The highest BCUT2D eigenvalue weighted by Gasteiger charge is 2.31. The largest absolute Gasteiger partial charge is 0.396 e. The summed E-state index contributed by atoms with van der Waals surface area (Å²) in [5.74, 6) is 0. The van der Waals surface area contributed by atoms with Gasteiger partial charge in [-0.05, 0) is 40.9 Å². The molecule has 2 N–H and O–H groups in total. The van der Waals surface area contributed by atoms with Gasteiger partial charge in [-0.25, -0.2) is 0 Å². The molecule has 1 aromatic carbocycles. The zero-order valence-corrected chi connectivity index (χ0v) is 12.7. The molecule has 0 amide bonds. The third-order valence-corrected chi connectivity index (χ3v) is 5.25. The van der Waals surface area contributed by atoms with Crippen molar-refractivity contribution in [2.75, 3.05) is 18.5 Å². The van der Waals surface area contributed by atoms with Crippen LogP contribution in [0.2, 0.25) is 5.02 Å². The zero-order chi connectivity index (χ0) is 13.0. The molecule has 0 heterocycles. The molecule has 1 aromatic rings. The molecule has 2 rings (SSSR count). The Morgan fingerprint density at radius 2 is 2.00 bits per heavy atom. The summed E-state index contributed by atoms with van der Waals surface area (Å²) in [6, 6.07) is 5.80. The molecular weight excluding hydrogens is 314 g/mol. The standard InChI is InChI=1S/C14H19BrClNO/c15-13-11(16)5-4-6-12(13)17-9-14(10-18)7-2-1-3-8-14/h4-6,17-18H,1-3,7-10H2. The van der Waals surface area contributed by atoms with Crippen molar-refractivity contribution in [2.45, 2.75) is 32.1 Å². The second-order valence-corrected chi connectivity index (χ2v) is 6.37. The van der Waals surface area contributed by atoms with E-state index in [1.165, 1.54) is 19.3 Å². The third-order valence-electron chi connectivity index (χ3n) is 3.86. The van der Waals surface area contributed by atoms with Gasteiger partial charge < -0.3 is 10.4 Å². The van der Waals surface area contributed by atoms with E-state index in [1.807, 2.05) is 18.2 Å². The first-order valence-electron chi connectivity index (χ1n) is 6.46. The average Bonchev–Trinajstić information content (AvgIpc) is 2.41. The van der Waals surface area contributed by atoms with Crippen molar-refractivity contribution < 1.29 is 5.11 Å². The van der Waals surface area contributed by atoms with E-state index in [-0.39, 0.29) is 12.0 Å². The van der Waals surface area contributed by atoms with E-state index in [9.17, 15) is 5.11 Å². The summed E-state index contributed by atoms with van der Waals surface area (Å²) in [5, 5.41) is 13.8. The minimum absolute atomic E-state index is 0.0417. The van der Waals surface area contributed by atoms with Crippen molar-refractivity contribution in [2.24, 2.45) is 5.41 Å². The van der Waals surface area contributed by atoms with Gasteiger partial charge in [0.1, 0.15) is 0 Å². The number of aliphatic hydroxyl groups is 1. The van der Waals surface area contributed by atoms with Crippen LogP contribution in [0.25, 0.3) is 0 Å². The predicted octanol–water partition coefficient (Wildman–Crippen LogP) is 4.46. The van der Waals surface area contributed by atoms with Crippen molar-refractivity contribution in [1.29, 1.82) is 0 Å². The van der Waals surface area contributed by atoms with Gasteiger partial charge in [0, 0.05) is 17.6 Å². The van der Waals surface area contributed by atoms with Crippen LogP contribution < -0.4 is 5.32 Å². The molecule has 1 fully saturated rings. The van der Waals surface area contributed by atoms with Crippen LogP contribution in [0.3, 0.4) is 0 Å². The smallest absolute Gasteiger partial charge is 0.0593 e. The second kappa shape index (κ2) is 6.27. The molecular formula is C14H19BrClNO. The molecule has 0 aromatic heterocycles. The SMILES string of the molecule is OCC1(CNc2cccc(Cl)c2Br)CCCCC1. The fourth-order valence-electron chi connectivity index (χ4n) is 2.62. The molecule has 1 aliphatic rings. The van der Waals surface area contributed by atoms with Crippen molar-refractivity contribution in [1.82, 2.24) is 0 Å². The zero-order valence-electron chi connectivity index (χ0n) is 10.4. The lowest BCUT2D eigenvalue weighted by molar-refractivity contribution is 0.0944. The van der Waals surface area contributed by atoms with Crippen LogP contribution in [0.1, 0.15) is 32.1 Å². The Kier molecular flexibility index (Phi) is 4.93. The monoisotopic (exact) mass is 331 g/mol. The number of aliphatic hydroxyl groups excluding tert-OH is 1. The van der Waals surface area contributed by atoms with E-state index in [2.05, 4.69) is 21.2 Å². The first kappa shape index (κ1) is 14.2. The van der Waals surface area contributed by atoms with Crippen LogP contribution in [0.15, 0.2) is 22.7 Å². The van der Waals surface area contributed by atoms with E-state index in [4.69, 9.17) is 11.6 Å². The molecule has 0 atom stereocenters. The Balaban J connectivity index is 2.03. The number of benzene rings is 1. The lowest BCUT2D eigenvalue weighted by atomic mass is 9.74. The van der Waals surface area contributed by atoms with Crippen molar-refractivity contribution in [3.63, 3.8) is 0 Å². The lowest BCUT2D eigenvalue weighted by Crippen LogP contribution is -2.35. The summed E-state index contributed by atoms with van der Waals surface area (Å²) in [6.45, 7) is 1.07. The molecule has 0 unspecified atom stereocenters. The van der Waals surface area contributed by atoms with Crippen LogP contribution in [-0.2, 0) is 0 Å². The Labute approximate surface area is 122 Å². The summed E-state index contributed by atoms with van der Waals surface area (Å²) in [6.07, 6.45) is 5.95. The topological polar surface area (TPSA) is 32.3 Å². The minimum Gasteiger partial charge on any atom is -0.396 e. The van der Waals surface area contributed by atoms with Crippen molar-refractivity contribution >= 4 is 33.2 Å². The molecule has 0 aliphatic heterocycles. The van der Waals surface area contributed by atoms with Gasteiger partial charge in [-0.1, -0.05) is 36.9 Å². The predicted molar refractivity (Wildman–Crippen MR) is 80.2 cm³/mol. The average molecular weight is 333 g/mol. The van der Waals surface area contributed by atoms with Crippen molar-refractivity contribution in [3.05, 3.63) is 27.7 Å². The lowest BCUT2D eigenvalue weighted by Gasteiger charge is -2.36. The number of nitrogens with one attached hydrogen (secondary N) is 1. The first-order chi connectivity index (χ1) is 8.67. The molecule has 0 radical (unpaired) electrons. The van der Waals surface area contributed by atoms with Crippen LogP contribution in [0.5, 0.6) is 0 Å². The molecule has 1 saturated carbocycles. The van der Waals surface area contributed by atoms with Gasteiger partial charge in [-0.3, -0.25) is 0 Å². The molecule has 0 saturated heterocycles. The molecule has 0 spiro atoms. The van der Waals surface area contributed by atoms with Gasteiger partial charge in [-0.2, -0.15) is 0 Å². The Bertz CT molecular complexity index is 405. The summed E-state index contributed by atoms with van der Waals surface area (Å²) in [7, 11) is 0. The Morgan fingerprint density at radius 3 is 2.67 bits per heavy atom. The Morgan fingerprint density at radius 1 is 1.28 bits per heavy atom. The highest BCUT2D eigenvalue weighted by Crippen LogP contribution is 2.37. The summed E-state index contributed by atoms with van der Waals surface area (Å²) < 4.78 is 0.899. The highest BCUT2D eigenvalue weighted by molar-refractivity contribution is 9.10. The van der Waals surface area contributed by atoms with Crippen LogP contribution in [0, 0.1) is 5.41 Å². The number of anilines is 1. The maximum absolute atomic E-state index is 9.67. The molecule has 0 bridgehead atoms. The maximum Gasteiger partial charge on any atom is 0.0593 e. The van der Waals surface area contributed by atoms with E-state index in [0.29, 0.717) is 5.02 Å². The van der Waals surface area contributed by atoms with E-state index in [0.717, 1.165) is 29.5 Å². The van der Waals surface area contributed by atoms with Crippen LogP contribution in [-0.4, -0.2) is 18.3 Å². The van der Waals surface area contributed by atoms with Gasteiger partial charge >= 0.3 is 0 Å². The molecule has 18 heavy (non-hydrogen) atoms. The summed E-state index contributed by atoms with van der Waals surface area (Å²) >= 11 is 9.56. The van der Waals surface area contributed by atoms with Gasteiger partial charge in [0.05, 0.1) is 16.1 Å². The van der Waals surface area contributed by atoms with Crippen molar-refractivity contribution in [3.8, 4) is 0 Å². The quantitative estimate of drug-likeness (QED) is 0.853. The van der Waals surface area contributed by atoms with Gasteiger partial charge in [0.25, 0.3) is 0 Å². The summed E-state index contributed by atoms with van der Waals surface area (Å²) in [5.41, 5.74) is 1.04. The van der Waals surface area contributed by atoms with Gasteiger partial charge in [0.15, 0.2) is 0 Å². The third kappa shape index (κ3) is 3.19. The number of hydrogen-bond acceptors (Lipinski definition) is 2. The second-order valence-electron chi connectivity index (χ2n) is 5.17. The van der Waals surface area contributed by atoms with Gasteiger partial charge in [-0.15, -0.1) is 0 Å².